The standard InChI is InChI=1S/C25H34N2O5/c1-17(2)26-25(29)18(3)27(16-20-7-11-21(30-4)12-8-20)24(28)14-10-19-9-13-22(31-5)23(15-19)32-6/h7-9,11-13,15,17-18H,10,14,16H2,1-6H3,(H,26,29). The minimum atomic E-state index is -0.600. The first-order valence-corrected chi connectivity index (χ1v) is 10.7. The van der Waals surface area contributed by atoms with Gasteiger partial charge < -0.3 is 24.4 Å². The van der Waals surface area contributed by atoms with Crippen molar-refractivity contribution in [2.45, 2.75) is 52.2 Å². The lowest BCUT2D eigenvalue weighted by Gasteiger charge is -2.29. The zero-order valence-corrected chi connectivity index (χ0v) is 19.8. The maximum Gasteiger partial charge on any atom is 0.242 e. The van der Waals surface area contributed by atoms with Crippen LogP contribution >= 0.6 is 0 Å². The van der Waals surface area contributed by atoms with Crippen molar-refractivity contribution in [2.24, 2.45) is 0 Å². The lowest BCUT2D eigenvalue weighted by atomic mass is 10.1. The Morgan fingerprint density at radius 2 is 1.50 bits per heavy atom. The molecule has 0 saturated carbocycles. The van der Waals surface area contributed by atoms with Crippen molar-refractivity contribution in [3.63, 3.8) is 0 Å². The number of nitrogens with one attached hydrogen (secondary N) is 1. The van der Waals surface area contributed by atoms with E-state index in [0.717, 1.165) is 16.9 Å². The molecular formula is C25H34N2O5. The second-order valence-electron chi connectivity index (χ2n) is 7.90. The van der Waals surface area contributed by atoms with Crippen molar-refractivity contribution in [3.8, 4) is 17.2 Å². The number of rotatable bonds is 11. The van der Waals surface area contributed by atoms with E-state index in [1.54, 1.807) is 33.2 Å². The van der Waals surface area contributed by atoms with E-state index in [-0.39, 0.29) is 24.3 Å². The SMILES string of the molecule is COc1ccc(CN(C(=O)CCc2ccc(OC)c(OC)c2)C(C)C(=O)NC(C)C)cc1. The Balaban J connectivity index is 2.17. The number of benzene rings is 2. The summed E-state index contributed by atoms with van der Waals surface area (Å²) in [6.07, 6.45) is 0.793. The Morgan fingerprint density at radius 1 is 0.875 bits per heavy atom. The lowest BCUT2D eigenvalue weighted by molar-refractivity contribution is -0.140. The molecular weight excluding hydrogens is 408 g/mol. The topological polar surface area (TPSA) is 77.1 Å². The second-order valence-corrected chi connectivity index (χ2v) is 7.90. The highest BCUT2D eigenvalue weighted by molar-refractivity contribution is 5.87. The molecule has 174 valence electrons. The summed E-state index contributed by atoms with van der Waals surface area (Å²) in [5.74, 6) is 1.74. The van der Waals surface area contributed by atoms with Gasteiger partial charge in [-0.05, 0) is 62.6 Å². The van der Waals surface area contributed by atoms with Crippen LogP contribution in [0.15, 0.2) is 42.5 Å². The third kappa shape index (κ3) is 6.90. The maximum atomic E-state index is 13.2. The number of nitrogens with zero attached hydrogens (tertiary/aromatic N) is 1. The van der Waals surface area contributed by atoms with Crippen LogP contribution in [0.1, 0.15) is 38.3 Å². The molecule has 7 nitrogen and oxygen atoms in total. The number of amides is 2. The molecule has 0 heterocycles. The Labute approximate surface area is 190 Å². The molecule has 7 heteroatoms. The van der Waals surface area contributed by atoms with Crippen LogP contribution < -0.4 is 19.5 Å². The van der Waals surface area contributed by atoms with E-state index in [1.807, 2.05) is 56.3 Å². The summed E-state index contributed by atoms with van der Waals surface area (Å²) >= 11 is 0. The van der Waals surface area contributed by atoms with Crippen molar-refractivity contribution in [3.05, 3.63) is 53.6 Å². The van der Waals surface area contributed by atoms with Gasteiger partial charge in [-0.2, -0.15) is 0 Å². The van der Waals surface area contributed by atoms with Gasteiger partial charge in [0, 0.05) is 19.0 Å². The molecule has 2 rings (SSSR count). The normalized spacial score (nSPS) is 11.6. The molecule has 0 fully saturated rings. The molecule has 0 aromatic heterocycles. The van der Waals surface area contributed by atoms with E-state index in [1.165, 1.54) is 0 Å². The van der Waals surface area contributed by atoms with E-state index < -0.39 is 6.04 Å². The van der Waals surface area contributed by atoms with Gasteiger partial charge in [0.2, 0.25) is 11.8 Å². The number of carbonyl (C=O) groups is 2. The first-order valence-electron chi connectivity index (χ1n) is 10.7. The minimum Gasteiger partial charge on any atom is -0.497 e. The average molecular weight is 443 g/mol. The van der Waals surface area contributed by atoms with Crippen LogP contribution in [0, 0.1) is 0 Å². The molecule has 32 heavy (non-hydrogen) atoms. The predicted molar refractivity (Wildman–Crippen MR) is 124 cm³/mol. The zero-order chi connectivity index (χ0) is 23.7. The summed E-state index contributed by atoms with van der Waals surface area (Å²) in [4.78, 5) is 27.5. The number of ether oxygens (including phenoxy) is 3. The molecule has 2 amide bonds. The first kappa shape index (κ1) is 25.0. The van der Waals surface area contributed by atoms with Crippen LogP contribution in [0.4, 0.5) is 0 Å². The van der Waals surface area contributed by atoms with Gasteiger partial charge in [0.05, 0.1) is 21.3 Å². The molecule has 0 spiro atoms. The number of aryl methyl sites for hydroxylation is 1. The molecule has 0 aliphatic rings. The van der Waals surface area contributed by atoms with Crippen molar-refractivity contribution < 1.29 is 23.8 Å². The molecule has 1 N–H and O–H groups in total. The molecule has 1 atom stereocenters. The third-order valence-corrected chi connectivity index (χ3v) is 5.19. The van der Waals surface area contributed by atoms with Gasteiger partial charge >= 0.3 is 0 Å². The lowest BCUT2D eigenvalue weighted by Crippen LogP contribution is -2.49. The highest BCUT2D eigenvalue weighted by atomic mass is 16.5. The van der Waals surface area contributed by atoms with Gasteiger partial charge in [0.25, 0.3) is 0 Å². The Morgan fingerprint density at radius 3 is 2.06 bits per heavy atom. The fourth-order valence-corrected chi connectivity index (χ4v) is 3.35. The zero-order valence-electron chi connectivity index (χ0n) is 19.8. The smallest absolute Gasteiger partial charge is 0.242 e. The van der Waals surface area contributed by atoms with Crippen LogP contribution in [0.3, 0.4) is 0 Å². The van der Waals surface area contributed by atoms with Gasteiger partial charge in [-0.25, -0.2) is 0 Å². The minimum absolute atomic E-state index is 0.00495. The highest BCUT2D eigenvalue weighted by Gasteiger charge is 2.26. The van der Waals surface area contributed by atoms with E-state index in [2.05, 4.69) is 5.32 Å². The van der Waals surface area contributed by atoms with Gasteiger partial charge in [-0.1, -0.05) is 18.2 Å². The van der Waals surface area contributed by atoms with Crippen molar-refractivity contribution in [1.82, 2.24) is 10.2 Å². The van der Waals surface area contributed by atoms with Crippen LogP contribution in [0.5, 0.6) is 17.2 Å². The Kier molecular flexibility index (Phi) is 9.38. The van der Waals surface area contributed by atoms with E-state index >= 15 is 0 Å². The number of methoxy groups -OCH3 is 3. The number of hydrogen-bond acceptors (Lipinski definition) is 5. The average Bonchev–Trinajstić information content (AvgIpc) is 2.80. The molecule has 0 aliphatic heterocycles. The summed E-state index contributed by atoms with van der Waals surface area (Å²) in [5.41, 5.74) is 1.88. The Hall–Kier alpha value is -3.22. The van der Waals surface area contributed by atoms with Crippen LogP contribution in [0.25, 0.3) is 0 Å². The van der Waals surface area contributed by atoms with Crippen LogP contribution in [-0.4, -0.2) is 50.1 Å². The van der Waals surface area contributed by atoms with Crippen molar-refractivity contribution in [1.29, 1.82) is 0 Å². The van der Waals surface area contributed by atoms with Gasteiger partial charge in [0.15, 0.2) is 11.5 Å². The summed E-state index contributed by atoms with van der Waals surface area (Å²) in [7, 11) is 4.78. The second kappa shape index (κ2) is 12.0. The van der Waals surface area contributed by atoms with Crippen molar-refractivity contribution in [2.75, 3.05) is 21.3 Å². The van der Waals surface area contributed by atoms with Crippen LogP contribution in [-0.2, 0) is 22.6 Å². The van der Waals surface area contributed by atoms with E-state index in [4.69, 9.17) is 14.2 Å². The quantitative estimate of drug-likeness (QED) is 0.576. The van der Waals surface area contributed by atoms with Gasteiger partial charge in [-0.15, -0.1) is 0 Å². The maximum absolute atomic E-state index is 13.2. The largest absolute Gasteiger partial charge is 0.497 e. The summed E-state index contributed by atoms with van der Waals surface area (Å²) in [6.45, 7) is 5.89. The molecule has 0 aliphatic carbocycles. The number of hydrogen-bond donors (Lipinski definition) is 1. The fourth-order valence-electron chi connectivity index (χ4n) is 3.35. The summed E-state index contributed by atoms with van der Waals surface area (Å²) in [5, 5.41) is 2.90. The Bertz CT molecular complexity index is 896. The first-order chi connectivity index (χ1) is 15.3. The molecule has 2 aromatic carbocycles. The van der Waals surface area contributed by atoms with Crippen LogP contribution in [0.2, 0.25) is 0 Å². The summed E-state index contributed by atoms with van der Waals surface area (Å²) in [6, 6.07) is 12.5. The van der Waals surface area contributed by atoms with Crippen molar-refractivity contribution >= 4 is 11.8 Å². The molecule has 0 radical (unpaired) electrons. The molecule has 2 aromatic rings. The molecule has 0 bridgehead atoms. The van der Waals surface area contributed by atoms with Gasteiger partial charge in [0.1, 0.15) is 11.8 Å². The fraction of sp³-hybridized carbons (Fsp3) is 0.440. The van der Waals surface area contributed by atoms with Gasteiger partial charge in [-0.3, -0.25) is 9.59 Å². The monoisotopic (exact) mass is 442 g/mol. The molecule has 1 unspecified atom stereocenters. The highest BCUT2D eigenvalue weighted by Crippen LogP contribution is 2.28. The van der Waals surface area contributed by atoms with E-state index in [9.17, 15) is 9.59 Å². The summed E-state index contributed by atoms with van der Waals surface area (Å²) < 4.78 is 15.8. The number of carbonyl (C=O) groups excluding carboxylic acids is 2. The molecule has 0 saturated heterocycles. The van der Waals surface area contributed by atoms with E-state index in [0.29, 0.717) is 24.5 Å². The predicted octanol–water partition coefficient (Wildman–Crippen LogP) is 3.59. The third-order valence-electron chi connectivity index (χ3n) is 5.19.